The van der Waals surface area contributed by atoms with E-state index in [-0.39, 0.29) is 5.75 Å². The van der Waals surface area contributed by atoms with E-state index < -0.39 is 0 Å². The second-order valence-corrected chi connectivity index (χ2v) is 4.16. The van der Waals surface area contributed by atoms with Crippen LogP contribution >= 0.6 is 0 Å². The lowest BCUT2D eigenvalue weighted by Gasteiger charge is -2.14. The van der Waals surface area contributed by atoms with Gasteiger partial charge in [0.1, 0.15) is 5.75 Å². The molecule has 0 bridgehead atoms. The third-order valence-corrected chi connectivity index (χ3v) is 2.72. The third-order valence-electron chi connectivity index (χ3n) is 2.72. The summed E-state index contributed by atoms with van der Waals surface area (Å²) in [6, 6.07) is 3.87. The van der Waals surface area contributed by atoms with Crippen molar-refractivity contribution >= 4 is 0 Å². The molecular formula is C12H24N6O. The molecule has 7 nitrogen and oxygen atoms in total. The number of aromatic hydroxyl groups is 1. The van der Waals surface area contributed by atoms with Crippen molar-refractivity contribution in [2.75, 3.05) is 20.0 Å². The van der Waals surface area contributed by atoms with Crippen LogP contribution in [0.4, 0.5) is 0 Å². The molecule has 19 heavy (non-hydrogen) atoms. The molecule has 1 rings (SSSR count). The van der Waals surface area contributed by atoms with Gasteiger partial charge in [0, 0.05) is 50.8 Å². The summed E-state index contributed by atoms with van der Waals surface area (Å²) in [7, 11) is 0. The van der Waals surface area contributed by atoms with Crippen LogP contribution in [-0.4, -0.2) is 25.1 Å². The summed E-state index contributed by atoms with van der Waals surface area (Å²) >= 11 is 0. The van der Waals surface area contributed by atoms with E-state index in [2.05, 4.69) is 16.0 Å². The fourth-order valence-corrected chi connectivity index (χ4v) is 1.83. The Hall–Kier alpha value is -1.22. The van der Waals surface area contributed by atoms with Gasteiger partial charge in [-0.1, -0.05) is 0 Å². The highest BCUT2D eigenvalue weighted by Gasteiger charge is 2.09. The van der Waals surface area contributed by atoms with E-state index in [1.807, 2.05) is 12.1 Å². The van der Waals surface area contributed by atoms with Crippen molar-refractivity contribution in [1.29, 1.82) is 0 Å². The summed E-state index contributed by atoms with van der Waals surface area (Å²) in [5.41, 5.74) is 18.9. The highest BCUT2D eigenvalue weighted by molar-refractivity contribution is 5.43. The molecule has 1 aromatic rings. The van der Waals surface area contributed by atoms with Crippen molar-refractivity contribution in [3.8, 4) is 5.75 Å². The van der Waals surface area contributed by atoms with Gasteiger partial charge in [0.15, 0.2) is 0 Å². The molecule has 1 aromatic carbocycles. The molecule has 108 valence electrons. The van der Waals surface area contributed by atoms with Crippen LogP contribution in [-0.2, 0) is 19.6 Å². The largest absolute Gasteiger partial charge is 0.507 e. The summed E-state index contributed by atoms with van der Waals surface area (Å²) in [4.78, 5) is 0. The molecule has 0 aromatic heterocycles. The summed E-state index contributed by atoms with van der Waals surface area (Å²) < 4.78 is 0. The molecular weight excluding hydrogens is 244 g/mol. The van der Waals surface area contributed by atoms with E-state index in [9.17, 15) is 5.11 Å². The van der Waals surface area contributed by atoms with Crippen LogP contribution in [0.2, 0.25) is 0 Å². The van der Waals surface area contributed by atoms with E-state index in [4.69, 9.17) is 17.2 Å². The van der Waals surface area contributed by atoms with Gasteiger partial charge in [-0.2, -0.15) is 0 Å². The first-order chi connectivity index (χ1) is 9.22. The lowest BCUT2D eigenvalue weighted by Crippen LogP contribution is -2.24. The number of benzene rings is 1. The van der Waals surface area contributed by atoms with E-state index in [0.717, 1.165) is 16.7 Å². The van der Waals surface area contributed by atoms with Crippen LogP contribution in [0.25, 0.3) is 0 Å². The molecule has 0 atom stereocenters. The van der Waals surface area contributed by atoms with Gasteiger partial charge in [0.2, 0.25) is 0 Å². The monoisotopic (exact) mass is 268 g/mol. The lowest BCUT2D eigenvalue weighted by atomic mass is 10.0. The van der Waals surface area contributed by atoms with Gasteiger partial charge in [0.05, 0.1) is 0 Å². The Morgan fingerprint density at radius 2 is 1.21 bits per heavy atom. The molecule has 0 fully saturated rings. The van der Waals surface area contributed by atoms with Crippen LogP contribution in [0, 0.1) is 0 Å². The Morgan fingerprint density at radius 1 is 0.789 bits per heavy atom. The fraction of sp³-hybridized carbons (Fsp3) is 0.500. The molecule has 0 aliphatic rings. The number of phenols is 1. The van der Waals surface area contributed by atoms with Gasteiger partial charge in [-0.15, -0.1) is 0 Å². The summed E-state index contributed by atoms with van der Waals surface area (Å²) in [6.45, 7) is 2.83. The minimum Gasteiger partial charge on any atom is -0.507 e. The van der Waals surface area contributed by atoms with Gasteiger partial charge < -0.3 is 38.3 Å². The highest BCUT2D eigenvalue weighted by atomic mass is 16.3. The standard InChI is InChI=1S/C12H24N6O/c13-6-16-3-9-1-10(4-17-7-14)12(19)11(2-9)5-18-8-15/h1-2,16-19H,3-8,13-15H2. The first-order valence-corrected chi connectivity index (χ1v) is 6.29. The van der Waals surface area contributed by atoms with Crippen LogP contribution in [0.5, 0.6) is 5.75 Å². The van der Waals surface area contributed by atoms with Crippen molar-refractivity contribution < 1.29 is 5.11 Å². The Kier molecular flexibility index (Phi) is 7.34. The third kappa shape index (κ3) is 5.11. The van der Waals surface area contributed by atoms with Crippen LogP contribution < -0.4 is 33.2 Å². The average Bonchev–Trinajstić information content (AvgIpc) is 2.43. The predicted octanol–water partition coefficient (Wildman–Crippen LogP) is -1.59. The summed E-state index contributed by atoms with van der Waals surface area (Å²) in [5, 5.41) is 19.2. The quantitative estimate of drug-likeness (QED) is 0.268. The van der Waals surface area contributed by atoms with Gasteiger partial charge in [-0.25, -0.2) is 0 Å². The first kappa shape index (κ1) is 15.8. The Morgan fingerprint density at radius 3 is 1.63 bits per heavy atom. The maximum Gasteiger partial charge on any atom is 0.124 e. The molecule has 10 N–H and O–H groups in total. The van der Waals surface area contributed by atoms with Crippen molar-refractivity contribution in [1.82, 2.24) is 16.0 Å². The number of hydrogen-bond acceptors (Lipinski definition) is 7. The molecule has 0 saturated heterocycles. The maximum atomic E-state index is 10.2. The second-order valence-electron chi connectivity index (χ2n) is 4.16. The van der Waals surface area contributed by atoms with Crippen molar-refractivity contribution in [2.24, 2.45) is 17.2 Å². The number of phenolic OH excluding ortho intramolecular Hbond substituents is 1. The Bertz CT molecular complexity index is 355. The number of nitrogens with one attached hydrogen (secondary N) is 3. The molecule has 0 radical (unpaired) electrons. The van der Waals surface area contributed by atoms with Gasteiger partial charge in [0.25, 0.3) is 0 Å². The minimum atomic E-state index is 0.276. The van der Waals surface area contributed by atoms with Gasteiger partial charge in [-0.05, 0) is 17.7 Å². The smallest absolute Gasteiger partial charge is 0.124 e. The molecule has 7 heteroatoms. The summed E-state index contributed by atoms with van der Waals surface area (Å²) in [6.07, 6.45) is 0. The van der Waals surface area contributed by atoms with Crippen molar-refractivity contribution in [3.63, 3.8) is 0 Å². The zero-order chi connectivity index (χ0) is 14.1. The Labute approximate surface area is 113 Å². The SMILES string of the molecule is NCNCc1cc(CNCN)c(O)c(CNCN)c1. The predicted molar refractivity (Wildman–Crippen MR) is 75.8 cm³/mol. The topological polar surface area (TPSA) is 134 Å². The van der Waals surface area contributed by atoms with Gasteiger partial charge >= 0.3 is 0 Å². The first-order valence-electron chi connectivity index (χ1n) is 6.29. The number of rotatable bonds is 9. The zero-order valence-corrected chi connectivity index (χ0v) is 11.1. The van der Waals surface area contributed by atoms with Crippen LogP contribution in [0.15, 0.2) is 12.1 Å². The zero-order valence-electron chi connectivity index (χ0n) is 11.1. The maximum absolute atomic E-state index is 10.2. The molecule has 0 saturated carbocycles. The van der Waals surface area contributed by atoms with E-state index in [1.54, 1.807) is 0 Å². The summed E-state index contributed by atoms with van der Waals surface area (Å²) in [5.74, 6) is 0.276. The number of nitrogens with two attached hydrogens (primary N) is 3. The van der Waals surface area contributed by atoms with Gasteiger partial charge in [-0.3, -0.25) is 0 Å². The highest BCUT2D eigenvalue weighted by Crippen LogP contribution is 2.24. The number of hydrogen-bond donors (Lipinski definition) is 7. The molecule has 0 spiro atoms. The Balaban J connectivity index is 2.92. The van der Waals surface area contributed by atoms with Crippen molar-refractivity contribution in [3.05, 3.63) is 28.8 Å². The fourth-order valence-electron chi connectivity index (χ4n) is 1.83. The minimum absolute atomic E-state index is 0.276. The lowest BCUT2D eigenvalue weighted by molar-refractivity contribution is 0.454. The van der Waals surface area contributed by atoms with E-state index >= 15 is 0 Å². The average molecular weight is 268 g/mol. The van der Waals surface area contributed by atoms with Crippen molar-refractivity contribution in [2.45, 2.75) is 19.6 Å². The normalized spacial score (nSPS) is 10.9. The van der Waals surface area contributed by atoms with E-state index in [0.29, 0.717) is 39.6 Å². The molecule has 0 aliphatic carbocycles. The molecule has 0 amide bonds. The molecule has 0 heterocycles. The second kappa shape index (κ2) is 8.81. The van der Waals surface area contributed by atoms with Crippen LogP contribution in [0.3, 0.4) is 0 Å². The van der Waals surface area contributed by atoms with E-state index in [1.165, 1.54) is 0 Å². The molecule has 0 aliphatic heterocycles. The van der Waals surface area contributed by atoms with Crippen LogP contribution in [0.1, 0.15) is 16.7 Å². The molecule has 0 unspecified atom stereocenters.